The summed E-state index contributed by atoms with van der Waals surface area (Å²) in [5, 5.41) is 6.38. The number of hydrogen-bond acceptors (Lipinski definition) is 3. The summed E-state index contributed by atoms with van der Waals surface area (Å²) in [7, 11) is 1.67. The van der Waals surface area contributed by atoms with Crippen molar-refractivity contribution in [3.05, 3.63) is 35.4 Å². The van der Waals surface area contributed by atoms with Crippen molar-refractivity contribution in [1.29, 1.82) is 0 Å². The minimum atomic E-state index is 0. The van der Waals surface area contributed by atoms with Gasteiger partial charge in [0.15, 0.2) is 5.96 Å². The van der Waals surface area contributed by atoms with Gasteiger partial charge in [-0.05, 0) is 24.5 Å². The number of nitrogens with one attached hydrogen (secondary N) is 2. The van der Waals surface area contributed by atoms with E-state index in [1.807, 2.05) is 24.0 Å². The van der Waals surface area contributed by atoms with E-state index in [0.29, 0.717) is 26.1 Å². The molecule has 2 rings (SSSR count). The number of benzene rings is 1. The number of carbonyl (C=O) groups is 1. The quantitative estimate of drug-likeness (QED) is 0.270. The van der Waals surface area contributed by atoms with Gasteiger partial charge in [-0.1, -0.05) is 24.3 Å². The van der Waals surface area contributed by atoms with Crippen molar-refractivity contribution in [3.8, 4) is 0 Å². The molecule has 1 aromatic carbocycles. The van der Waals surface area contributed by atoms with Crippen molar-refractivity contribution >= 4 is 35.8 Å². The molecule has 0 bridgehead atoms. The first-order valence-electron chi connectivity index (χ1n) is 8.60. The first-order chi connectivity index (χ1) is 11.7. The van der Waals surface area contributed by atoms with E-state index in [-0.39, 0.29) is 29.9 Å². The van der Waals surface area contributed by atoms with E-state index in [4.69, 9.17) is 4.74 Å². The monoisotopic (exact) mass is 460 g/mol. The third kappa shape index (κ3) is 7.19. The van der Waals surface area contributed by atoms with Crippen LogP contribution in [0.3, 0.4) is 0 Å². The lowest BCUT2D eigenvalue weighted by atomic mass is 10.1. The molecule has 6 nitrogen and oxygen atoms in total. The molecule has 1 aromatic rings. The average molecular weight is 460 g/mol. The number of ether oxygens (including phenoxy) is 1. The maximum Gasteiger partial charge on any atom is 0.223 e. The van der Waals surface area contributed by atoms with Gasteiger partial charge in [-0.2, -0.15) is 0 Å². The highest BCUT2D eigenvalue weighted by Crippen LogP contribution is 2.22. The number of halogens is 1. The van der Waals surface area contributed by atoms with Crippen molar-refractivity contribution in [2.24, 2.45) is 4.99 Å². The Balaban J connectivity index is 0.00000312. The van der Waals surface area contributed by atoms with Crippen LogP contribution in [-0.2, 0) is 22.6 Å². The van der Waals surface area contributed by atoms with Crippen LogP contribution in [0.2, 0.25) is 0 Å². The van der Waals surface area contributed by atoms with E-state index < -0.39 is 0 Å². The van der Waals surface area contributed by atoms with Crippen LogP contribution in [0, 0.1) is 0 Å². The van der Waals surface area contributed by atoms with Gasteiger partial charge in [-0.25, -0.2) is 0 Å². The Morgan fingerprint density at radius 3 is 2.52 bits per heavy atom. The summed E-state index contributed by atoms with van der Waals surface area (Å²) >= 11 is 0. The molecule has 0 aliphatic carbocycles. The van der Waals surface area contributed by atoms with Gasteiger partial charge in [0, 0.05) is 46.3 Å². The predicted octanol–water partition coefficient (Wildman–Crippen LogP) is 2.13. The molecule has 0 unspecified atom stereocenters. The van der Waals surface area contributed by atoms with Crippen LogP contribution in [0.25, 0.3) is 0 Å². The van der Waals surface area contributed by atoms with E-state index in [1.165, 1.54) is 11.1 Å². The molecule has 0 atom stereocenters. The highest BCUT2D eigenvalue weighted by molar-refractivity contribution is 14.0. The van der Waals surface area contributed by atoms with E-state index in [0.717, 1.165) is 32.0 Å². The number of amides is 1. The van der Waals surface area contributed by atoms with Crippen LogP contribution in [0.5, 0.6) is 0 Å². The Labute approximate surface area is 167 Å². The fraction of sp³-hybridized carbons (Fsp3) is 0.556. The van der Waals surface area contributed by atoms with Gasteiger partial charge in [0.05, 0.1) is 6.61 Å². The number of aliphatic imine (C=N–C) groups is 1. The molecule has 0 fully saturated rings. The second-order valence-electron chi connectivity index (χ2n) is 5.80. The third-order valence-corrected chi connectivity index (χ3v) is 3.96. The second-order valence-corrected chi connectivity index (χ2v) is 5.80. The summed E-state index contributed by atoms with van der Waals surface area (Å²) in [5.74, 6) is 0.981. The Morgan fingerprint density at radius 2 is 1.92 bits per heavy atom. The summed E-state index contributed by atoms with van der Waals surface area (Å²) in [6, 6.07) is 8.25. The van der Waals surface area contributed by atoms with Crippen LogP contribution in [0.4, 0.5) is 0 Å². The smallest absolute Gasteiger partial charge is 0.223 e. The fourth-order valence-electron chi connectivity index (χ4n) is 2.70. The predicted molar refractivity (Wildman–Crippen MR) is 111 cm³/mol. The standard InChI is InChI=1S/C18H28N4O2.HI/c1-3-19-18(21-11-12-24-2)20-10-6-9-17(23)22-13-15-7-4-5-8-16(15)14-22;/h4-5,7-8H,3,6,9-14H2,1-2H3,(H2,19,20,21);1H. The molecule has 0 saturated heterocycles. The molecule has 0 radical (unpaired) electrons. The molecule has 7 heteroatoms. The van der Waals surface area contributed by atoms with E-state index in [9.17, 15) is 4.79 Å². The van der Waals surface area contributed by atoms with Crippen molar-refractivity contribution in [2.75, 3.05) is 33.4 Å². The maximum absolute atomic E-state index is 12.3. The van der Waals surface area contributed by atoms with Crippen LogP contribution >= 0.6 is 24.0 Å². The van der Waals surface area contributed by atoms with Gasteiger partial charge >= 0.3 is 0 Å². The summed E-state index contributed by atoms with van der Waals surface area (Å²) < 4.78 is 5.02. The molecule has 0 saturated carbocycles. The largest absolute Gasteiger partial charge is 0.383 e. The van der Waals surface area contributed by atoms with Crippen LogP contribution in [0.1, 0.15) is 30.9 Å². The molecule has 1 aliphatic heterocycles. The zero-order valence-corrected chi connectivity index (χ0v) is 17.4. The second kappa shape index (κ2) is 12.1. The van der Waals surface area contributed by atoms with Crippen molar-refractivity contribution in [1.82, 2.24) is 15.5 Å². The Bertz CT molecular complexity index is 541. The van der Waals surface area contributed by atoms with Gasteiger partial charge in [0.1, 0.15) is 0 Å². The average Bonchev–Trinajstić information content (AvgIpc) is 3.03. The Kier molecular flexibility index (Phi) is 10.5. The van der Waals surface area contributed by atoms with Gasteiger partial charge in [0.2, 0.25) is 5.91 Å². The van der Waals surface area contributed by atoms with Gasteiger partial charge in [-0.3, -0.25) is 9.79 Å². The molecular weight excluding hydrogens is 431 g/mol. The van der Waals surface area contributed by atoms with Crippen LogP contribution < -0.4 is 10.6 Å². The summed E-state index contributed by atoms with van der Waals surface area (Å²) in [4.78, 5) is 18.7. The molecular formula is C18H29IN4O2. The summed E-state index contributed by atoms with van der Waals surface area (Å²) in [6.45, 7) is 6.30. The number of carbonyl (C=O) groups excluding carboxylic acids is 1. The minimum absolute atomic E-state index is 0. The van der Waals surface area contributed by atoms with Crippen LogP contribution in [0.15, 0.2) is 29.3 Å². The van der Waals surface area contributed by atoms with Crippen molar-refractivity contribution in [3.63, 3.8) is 0 Å². The Hall–Kier alpha value is -1.35. The lowest BCUT2D eigenvalue weighted by Gasteiger charge is -2.15. The number of methoxy groups -OCH3 is 1. The number of rotatable bonds is 8. The first kappa shape index (κ1) is 21.7. The zero-order valence-electron chi connectivity index (χ0n) is 15.1. The lowest BCUT2D eigenvalue weighted by molar-refractivity contribution is -0.131. The third-order valence-electron chi connectivity index (χ3n) is 3.96. The number of hydrogen-bond donors (Lipinski definition) is 2. The molecule has 1 heterocycles. The topological polar surface area (TPSA) is 66.0 Å². The summed E-state index contributed by atoms with van der Waals surface area (Å²) in [6.07, 6.45) is 1.29. The molecule has 1 aliphatic rings. The van der Waals surface area contributed by atoms with Gasteiger partial charge < -0.3 is 20.3 Å². The fourth-order valence-corrected chi connectivity index (χ4v) is 2.70. The number of nitrogens with zero attached hydrogens (tertiary/aromatic N) is 2. The minimum Gasteiger partial charge on any atom is -0.383 e. The molecule has 2 N–H and O–H groups in total. The normalized spacial score (nSPS) is 13.2. The lowest BCUT2D eigenvalue weighted by Crippen LogP contribution is -2.39. The van der Waals surface area contributed by atoms with Crippen LogP contribution in [-0.4, -0.2) is 50.1 Å². The van der Waals surface area contributed by atoms with Crippen molar-refractivity contribution < 1.29 is 9.53 Å². The molecule has 0 aromatic heterocycles. The molecule has 25 heavy (non-hydrogen) atoms. The van der Waals surface area contributed by atoms with E-state index in [2.05, 4.69) is 27.8 Å². The maximum atomic E-state index is 12.3. The van der Waals surface area contributed by atoms with E-state index in [1.54, 1.807) is 7.11 Å². The number of guanidine groups is 1. The SMILES string of the molecule is CCNC(=NCCCC(=O)N1Cc2ccccc2C1)NCCOC.I. The molecule has 0 spiro atoms. The Morgan fingerprint density at radius 1 is 1.24 bits per heavy atom. The van der Waals surface area contributed by atoms with Crippen molar-refractivity contribution in [2.45, 2.75) is 32.9 Å². The highest BCUT2D eigenvalue weighted by Gasteiger charge is 2.22. The zero-order chi connectivity index (χ0) is 17.2. The van der Waals surface area contributed by atoms with Gasteiger partial charge in [-0.15, -0.1) is 24.0 Å². The first-order valence-corrected chi connectivity index (χ1v) is 8.60. The summed E-state index contributed by atoms with van der Waals surface area (Å²) in [5.41, 5.74) is 2.53. The number of fused-ring (bicyclic) bond motifs is 1. The highest BCUT2D eigenvalue weighted by atomic mass is 127. The molecule has 140 valence electrons. The van der Waals surface area contributed by atoms with Gasteiger partial charge in [0.25, 0.3) is 0 Å². The van der Waals surface area contributed by atoms with E-state index >= 15 is 0 Å². The molecule has 1 amide bonds.